The molecular formula is C28H32N2O4. The molecule has 3 aromatic carbocycles. The summed E-state index contributed by atoms with van der Waals surface area (Å²) in [5.74, 6) is 1.67. The third kappa shape index (κ3) is 7.66. The lowest BCUT2D eigenvalue weighted by atomic mass is 10.1. The molecule has 6 nitrogen and oxygen atoms in total. The van der Waals surface area contributed by atoms with Crippen molar-refractivity contribution in [1.82, 2.24) is 0 Å². The van der Waals surface area contributed by atoms with Gasteiger partial charge in [-0.2, -0.15) is 0 Å². The van der Waals surface area contributed by atoms with E-state index >= 15 is 0 Å². The number of benzene rings is 3. The van der Waals surface area contributed by atoms with Gasteiger partial charge in [0.15, 0.2) is 0 Å². The lowest BCUT2D eigenvalue weighted by molar-refractivity contribution is 0.101. The average Bonchev–Trinajstić information content (AvgIpc) is 2.83. The Hall–Kier alpha value is -3.80. The molecule has 3 aromatic rings. The molecule has 0 aliphatic carbocycles. The maximum absolute atomic E-state index is 12.6. The van der Waals surface area contributed by atoms with Gasteiger partial charge in [-0.05, 0) is 72.5 Å². The molecule has 0 radical (unpaired) electrons. The summed E-state index contributed by atoms with van der Waals surface area (Å²) in [6.45, 7) is 9.47. The Kier molecular flexibility index (Phi) is 8.68. The van der Waals surface area contributed by atoms with Crippen LogP contribution in [0, 0.1) is 11.8 Å². The molecule has 0 saturated carbocycles. The van der Waals surface area contributed by atoms with Gasteiger partial charge in [0.05, 0.1) is 13.2 Å². The van der Waals surface area contributed by atoms with Gasteiger partial charge in [0, 0.05) is 22.5 Å². The largest absolute Gasteiger partial charge is 0.493 e. The predicted octanol–water partition coefficient (Wildman–Crippen LogP) is 6.26. The van der Waals surface area contributed by atoms with Crippen LogP contribution in [0.15, 0.2) is 72.8 Å². The summed E-state index contributed by atoms with van der Waals surface area (Å²) < 4.78 is 11.4. The molecule has 3 rings (SSSR count). The van der Waals surface area contributed by atoms with Crippen molar-refractivity contribution < 1.29 is 19.1 Å². The predicted molar refractivity (Wildman–Crippen MR) is 136 cm³/mol. The normalized spacial score (nSPS) is 10.8. The van der Waals surface area contributed by atoms with Gasteiger partial charge in [-0.1, -0.05) is 39.8 Å². The van der Waals surface area contributed by atoms with Crippen molar-refractivity contribution in [2.45, 2.75) is 27.7 Å². The van der Waals surface area contributed by atoms with Crippen molar-refractivity contribution >= 4 is 23.2 Å². The minimum Gasteiger partial charge on any atom is -0.493 e. The van der Waals surface area contributed by atoms with Crippen molar-refractivity contribution in [2.24, 2.45) is 11.8 Å². The van der Waals surface area contributed by atoms with Gasteiger partial charge < -0.3 is 20.1 Å². The highest BCUT2D eigenvalue weighted by Crippen LogP contribution is 2.19. The summed E-state index contributed by atoms with van der Waals surface area (Å²) in [7, 11) is 0. The molecule has 0 aliphatic rings. The number of ether oxygens (including phenoxy) is 2. The van der Waals surface area contributed by atoms with Crippen molar-refractivity contribution in [2.75, 3.05) is 23.8 Å². The van der Waals surface area contributed by atoms with Crippen molar-refractivity contribution in [3.63, 3.8) is 0 Å². The third-order valence-corrected chi connectivity index (χ3v) is 4.76. The Morgan fingerprint density at radius 3 is 1.38 bits per heavy atom. The van der Waals surface area contributed by atoms with Gasteiger partial charge in [0.2, 0.25) is 0 Å². The number of anilines is 2. The Morgan fingerprint density at radius 1 is 0.647 bits per heavy atom. The van der Waals surface area contributed by atoms with E-state index in [9.17, 15) is 9.59 Å². The molecule has 34 heavy (non-hydrogen) atoms. The van der Waals surface area contributed by atoms with E-state index in [4.69, 9.17) is 9.47 Å². The van der Waals surface area contributed by atoms with E-state index in [-0.39, 0.29) is 11.8 Å². The monoisotopic (exact) mass is 460 g/mol. The fraction of sp³-hybridized carbons (Fsp3) is 0.286. The molecular weight excluding hydrogens is 428 g/mol. The van der Waals surface area contributed by atoms with Gasteiger partial charge in [-0.15, -0.1) is 0 Å². The number of hydrogen-bond donors (Lipinski definition) is 2. The number of amides is 2. The zero-order valence-corrected chi connectivity index (χ0v) is 20.1. The van der Waals surface area contributed by atoms with Crippen LogP contribution in [0.5, 0.6) is 11.5 Å². The van der Waals surface area contributed by atoms with E-state index in [2.05, 4.69) is 38.3 Å². The van der Waals surface area contributed by atoms with E-state index in [0.29, 0.717) is 59.1 Å². The SMILES string of the molecule is CC(C)COc1cccc(C(=O)Nc2ccc(NC(=O)c3cccc(OCC(C)C)c3)cc2)c1. The molecule has 0 bridgehead atoms. The van der Waals surface area contributed by atoms with Crippen molar-refractivity contribution in [1.29, 1.82) is 0 Å². The number of nitrogens with one attached hydrogen (secondary N) is 2. The highest BCUT2D eigenvalue weighted by molar-refractivity contribution is 6.06. The molecule has 0 spiro atoms. The number of carbonyl (C=O) groups excluding carboxylic acids is 2. The van der Waals surface area contributed by atoms with E-state index in [1.54, 1.807) is 60.7 Å². The van der Waals surface area contributed by atoms with Crippen LogP contribution in [0.3, 0.4) is 0 Å². The molecule has 0 unspecified atom stereocenters. The number of hydrogen-bond acceptors (Lipinski definition) is 4. The minimum absolute atomic E-state index is 0.231. The number of carbonyl (C=O) groups is 2. The average molecular weight is 461 g/mol. The first-order chi connectivity index (χ1) is 16.3. The van der Waals surface area contributed by atoms with Crippen molar-refractivity contribution in [3.05, 3.63) is 83.9 Å². The zero-order chi connectivity index (χ0) is 24.5. The van der Waals surface area contributed by atoms with Gasteiger partial charge in [-0.3, -0.25) is 9.59 Å². The quantitative estimate of drug-likeness (QED) is 0.374. The van der Waals surface area contributed by atoms with Crippen LogP contribution in [-0.4, -0.2) is 25.0 Å². The smallest absolute Gasteiger partial charge is 0.255 e. The molecule has 2 amide bonds. The Labute approximate surface area is 201 Å². The molecule has 0 fully saturated rings. The first-order valence-corrected chi connectivity index (χ1v) is 11.5. The standard InChI is InChI=1S/C28H32N2O4/c1-19(2)17-33-25-9-5-7-21(15-25)27(31)29-23-11-13-24(14-12-23)30-28(32)22-8-6-10-26(16-22)34-18-20(3)4/h5-16,19-20H,17-18H2,1-4H3,(H,29,31)(H,30,32). The van der Waals surface area contributed by atoms with Crippen LogP contribution in [0.25, 0.3) is 0 Å². The van der Waals surface area contributed by atoms with Crippen LogP contribution in [-0.2, 0) is 0 Å². The van der Waals surface area contributed by atoms with Crippen LogP contribution < -0.4 is 20.1 Å². The second-order valence-electron chi connectivity index (χ2n) is 8.95. The fourth-order valence-corrected chi connectivity index (χ4v) is 3.02. The van der Waals surface area contributed by atoms with E-state index in [1.807, 2.05) is 12.1 Å². The summed E-state index contributed by atoms with van der Waals surface area (Å²) in [5, 5.41) is 5.74. The molecule has 2 N–H and O–H groups in total. The number of rotatable bonds is 10. The summed E-state index contributed by atoms with van der Waals surface area (Å²) in [4.78, 5) is 25.3. The van der Waals surface area contributed by atoms with E-state index in [1.165, 1.54) is 0 Å². The van der Waals surface area contributed by atoms with Crippen molar-refractivity contribution in [3.8, 4) is 11.5 Å². The van der Waals surface area contributed by atoms with Gasteiger partial charge in [-0.25, -0.2) is 0 Å². The Morgan fingerprint density at radius 2 is 1.03 bits per heavy atom. The molecule has 0 aliphatic heterocycles. The lowest BCUT2D eigenvalue weighted by Crippen LogP contribution is -2.14. The third-order valence-electron chi connectivity index (χ3n) is 4.76. The Bertz CT molecular complexity index is 1020. The van der Waals surface area contributed by atoms with Gasteiger partial charge in [0.25, 0.3) is 11.8 Å². The fourth-order valence-electron chi connectivity index (χ4n) is 3.02. The molecule has 0 saturated heterocycles. The maximum Gasteiger partial charge on any atom is 0.255 e. The van der Waals surface area contributed by atoms with Gasteiger partial charge in [0.1, 0.15) is 11.5 Å². The second-order valence-corrected chi connectivity index (χ2v) is 8.95. The molecule has 178 valence electrons. The first kappa shape index (κ1) is 24.8. The minimum atomic E-state index is -0.231. The molecule has 0 atom stereocenters. The van der Waals surface area contributed by atoms with Crippen LogP contribution >= 0.6 is 0 Å². The summed E-state index contributed by atoms with van der Waals surface area (Å²) in [5.41, 5.74) is 2.28. The second kappa shape index (κ2) is 11.9. The van der Waals surface area contributed by atoms with Crippen LogP contribution in [0.4, 0.5) is 11.4 Å². The summed E-state index contributed by atoms with van der Waals surface area (Å²) in [6.07, 6.45) is 0. The highest BCUT2D eigenvalue weighted by Gasteiger charge is 2.10. The van der Waals surface area contributed by atoms with Crippen LogP contribution in [0.2, 0.25) is 0 Å². The first-order valence-electron chi connectivity index (χ1n) is 11.5. The van der Waals surface area contributed by atoms with Crippen LogP contribution in [0.1, 0.15) is 48.4 Å². The highest BCUT2D eigenvalue weighted by atomic mass is 16.5. The van der Waals surface area contributed by atoms with E-state index in [0.717, 1.165) is 0 Å². The molecule has 0 aromatic heterocycles. The molecule has 0 heterocycles. The zero-order valence-electron chi connectivity index (χ0n) is 20.1. The maximum atomic E-state index is 12.6. The summed E-state index contributed by atoms with van der Waals surface area (Å²) >= 11 is 0. The van der Waals surface area contributed by atoms with E-state index < -0.39 is 0 Å². The van der Waals surface area contributed by atoms with Gasteiger partial charge >= 0.3 is 0 Å². The summed E-state index contributed by atoms with van der Waals surface area (Å²) in [6, 6.07) is 21.2. The lowest BCUT2D eigenvalue weighted by Gasteiger charge is -2.11. The topological polar surface area (TPSA) is 76.7 Å². The molecule has 6 heteroatoms. The Balaban J connectivity index is 1.58.